The van der Waals surface area contributed by atoms with Crippen molar-refractivity contribution in [2.24, 2.45) is 5.73 Å². The number of rotatable bonds is 5. The molecule has 0 aliphatic carbocycles. The summed E-state index contributed by atoms with van der Waals surface area (Å²) in [6.45, 7) is 5.04. The van der Waals surface area contributed by atoms with Gasteiger partial charge in [-0.25, -0.2) is 0 Å². The van der Waals surface area contributed by atoms with E-state index in [9.17, 15) is 4.79 Å². The van der Waals surface area contributed by atoms with Gasteiger partial charge in [0.2, 0.25) is 5.91 Å². The van der Waals surface area contributed by atoms with Crippen LogP contribution in [0.25, 0.3) is 0 Å². The minimum absolute atomic E-state index is 0.197. The van der Waals surface area contributed by atoms with E-state index in [4.69, 9.17) is 10.5 Å². The largest absolute Gasteiger partial charge is 0.497 e. The Morgan fingerprint density at radius 3 is 2.40 bits per heavy atom. The van der Waals surface area contributed by atoms with Gasteiger partial charge in [0.15, 0.2) is 0 Å². The van der Waals surface area contributed by atoms with Gasteiger partial charge in [0, 0.05) is 39.3 Å². The van der Waals surface area contributed by atoms with Crippen molar-refractivity contribution in [3.63, 3.8) is 0 Å². The number of methoxy groups -OCH3 is 1. The van der Waals surface area contributed by atoms with Crippen molar-refractivity contribution in [2.75, 3.05) is 46.4 Å². The Labute approximate surface area is 120 Å². The monoisotopic (exact) mass is 277 g/mol. The van der Waals surface area contributed by atoms with E-state index in [0.29, 0.717) is 13.0 Å². The van der Waals surface area contributed by atoms with E-state index in [2.05, 4.69) is 4.90 Å². The zero-order valence-corrected chi connectivity index (χ0v) is 12.0. The molecule has 0 radical (unpaired) electrons. The lowest BCUT2D eigenvalue weighted by Crippen LogP contribution is -2.50. The van der Waals surface area contributed by atoms with Crippen LogP contribution in [-0.4, -0.2) is 62.1 Å². The second-order valence-corrected chi connectivity index (χ2v) is 5.04. The van der Waals surface area contributed by atoms with Crippen molar-refractivity contribution in [2.45, 2.75) is 6.42 Å². The molecule has 0 unspecified atom stereocenters. The lowest BCUT2D eigenvalue weighted by Gasteiger charge is -2.34. The topological polar surface area (TPSA) is 58.8 Å². The zero-order chi connectivity index (χ0) is 14.4. The highest BCUT2D eigenvalue weighted by atomic mass is 16.5. The SMILES string of the molecule is COc1ccc(CC(=O)N2CCN(CCN)CC2)cc1. The molecular formula is C15H23N3O2. The third-order valence-corrected chi connectivity index (χ3v) is 3.68. The van der Waals surface area contributed by atoms with E-state index in [-0.39, 0.29) is 5.91 Å². The first kappa shape index (κ1) is 14.8. The van der Waals surface area contributed by atoms with Gasteiger partial charge in [0.1, 0.15) is 5.75 Å². The molecule has 2 N–H and O–H groups in total. The quantitative estimate of drug-likeness (QED) is 0.843. The molecule has 5 heteroatoms. The lowest BCUT2D eigenvalue weighted by molar-refractivity contribution is -0.132. The smallest absolute Gasteiger partial charge is 0.227 e. The van der Waals surface area contributed by atoms with Crippen LogP contribution in [0.2, 0.25) is 0 Å². The maximum Gasteiger partial charge on any atom is 0.227 e. The van der Waals surface area contributed by atoms with Crippen molar-refractivity contribution in [3.8, 4) is 5.75 Å². The van der Waals surface area contributed by atoms with Gasteiger partial charge >= 0.3 is 0 Å². The number of hydrogen-bond acceptors (Lipinski definition) is 4. The van der Waals surface area contributed by atoms with Crippen molar-refractivity contribution < 1.29 is 9.53 Å². The normalized spacial score (nSPS) is 16.2. The van der Waals surface area contributed by atoms with Crippen molar-refractivity contribution in [1.29, 1.82) is 0 Å². The highest BCUT2D eigenvalue weighted by molar-refractivity contribution is 5.78. The lowest BCUT2D eigenvalue weighted by atomic mass is 10.1. The molecule has 5 nitrogen and oxygen atoms in total. The van der Waals surface area contributed by atoms with Crippen LogP contribution in [0.15, 0.2) is 24.3 Å². The Morgan fingerprint density at radius 1 is 1.20 bits per heavy atom. The van der Waals surface area contributed by atoms with Gasteiger partial charge in [-0.2, -0.15) is 0 Å². The van der Waals surface area contributed by atoms with Crippen molar-refractivity contribution in [1.82, 2.24) is 9.80 Å². The fourth-order valence-electron chi connectivity index (χ4n) is 2.43. The summed E-state index contributed by atoms with van der Waals surface area (Å²) < 4.78 is 5.11. The summed E-state index contributed by atoms with van der Waals surface area (Å²) in [7, 11) is 1.64. The number of nitrogens with zero attached hydrogens (tertiary/aromatic N) is 2. The molecule has 2 rings (SSSR count). The molecule has 1 aliphatic heterocycles. The Kier molecular flexibility index (Phi) is 5.38. The fourth-order valence-corrected chi connectivity index (χ4v) is 2.43. The first-order valence-corrected chi connectivity index (χ1v) is 7.06. The molecule has 1 heterocycles. The van der Waals surface area contributed by atoms with Gasteiger partial charge in [0.25, 0.3) is 0 Å². The molecule has 0 atom stereocenters. The average molecular weight is 277 g/mol. The predicted octanol–water partition coefficient (Wildman–Crippen LogP) is 0.341. The number of amides is 1. The number of carbonyl (C=O) groups excluding carboxylic acids is 1. The first-order chi connectivity index (χ1) is 9.72. The van der Waals surface area contributed by atoms with Gasteiger partial charge in [-0.05, 0) is 17.7 Å². The summed E-state index contributed by atoms with van der Waals surface area (Å²) in [5, 5.41) is 0. The molecular weight excluding hydrogens is 254 g/mol. The molecule has 0 spiro atoms. The van der Waals surface area contributed by atoms with E-state index in [1.807, 2.05) is 29.2 Å². The summed E-state index contributed by atoms with van der Waals surface area (Å²) in [4.78, 5) is 16.5. The first-order valence-electron chi connectivity index (χ1n) is 7.06. The van der Waals surface area contributed by atoms with E-state index in [1.54, 1.807) is 7.11 Å². The maximum atomic E-state index is 12.2. The average Bonchev–Trinajstić information content (AvgIpc) is 2.49. The number of nitrogens with two attached hydrogens (primary N) is 1. The van der Waals surface area contributed by atoms with Gasteiger partial charge < -0.3 is 15.4 Å². The predicted molar refractivity (Wildman–Crippen MR) is 78.8 cm³/mol. The zero-order valence-electron chi connectivity index (χ0n) is 12.0. The van der Waals surface area contributed by atoms with Gasteiger partial charge in [-0.3, -0.25) is 9.69 Å². The fraction of sp³-hybridized carbons (Fsp3) is 0.533. The van der Waals surface area contributed by atoms with Crippen molar-refractivity contribution >= 4 is 5.91 Å². The minimum atomic E-state index is 0.197. The molecule has 1 aliphatic rings. The number of benzene rings is 1. The van der Waals surface area contributed by atoms with E-state index < -0.39 is 0 Å². The van der Waals surface area contributed by atoms with Crippen LogP contribution in [0.4, 0.5) is 0 Å². The van der Waals surface area contributed by atoms with Crippen LogP contribution >= 0.6 is 0 Å². The molecule has 1 saturated heterocycles. The number of piperazine rings is 1. The number of carbonyl (C=O) groups is 1. The summed E-state index contributed by atoms with van der Waals surface area (Å²) in [5.74, 6) is 1.01. The molecule has 110 valence electrons. The minimum Gasteiger partial charge on any atom is -0.497 e. The molecule has 1 aromatic carbocycles. The highest BCUT2D eigenvalue weighted by Crippen LogP contribution is 2.13. The molecule has 1 fully saturated rings. The van der Waals surface area contributed by atoms with Crippen LogP contribution in [-0.2, 0) is 11.2 Å². The van der Waals surface area contributed by atoms with Crippen LogP contribution < -0.4 is 10.5 Å². The summed E-state index contributed by atoms with van der Waals surface area (Å²) in [6, 6.07) is 7.67. The standard InChI is InChI=1S/C15H23N3O2/c1-20-14-4-2-13(3-5-14)12-15(19)18-10-8-17(7-6-16)9-11-18/h2-5H,6-12,16H2,1H3. The molecule has 1 aromatic rings. The summed E-state index contributed by atoms with van der Waals surface area (Å²) in [5.41, 5.74) is 6.58. The Bertz CT molecular complexity index is 425. The van der Waals surface area contributed by atoms with E-state index in [0.717, 1.165) is 44.0 Å². The molecule has 0 bridgehead atoms. The second-order valence-electron chi connectivity index (χ2n) is 5.04. The van der Waals surface area contributed by atoms with E-state index in [1.165, 1.54) is 0 Å². The van der Waals surface area contributed by atoms with Crippen LogP contribution in [0, 0.1) is 0 Å². The van der Waals surface area contributed by atoms with Crippen LogP contribution in [0.3, 0.4) is 0 Å². The number of hydrogen-bond donors (Lipinski definition) is 1. The van der Waals surface area contributed by atoms with Crippen LogP contribution in [0.1, 0.15) is 5.56 Å². The third kappa shape index (κ3) is 3.95. The molecule has 0 aromatic heterocycles. The van der Waals surface area contributed by atoms with Crippen LogP contribution in [0.5, 0.6) is 5.75 Å². The Hall–Kier alpha value is -1.59. The summed E-state index contributed by atoms with van der Waals surface area (Å²) >= 11 is 0. The Balaban J connectivity index is 1.83. The molecule has 0 saturated carbocycles. The van der Waals surface area contributed by atoms with Gasteiger partial charge in [-0.1, -0.05) is 12.1 Å². The van der Waals surface area contributed by atoms with Gasteiger partial charge in [-0.15, -0.1) is 0 Å². The summed E-state index contributed by atoms with van der Waals surface area (Å²) in [6.07, 6.45) is 0.459. The molecule has 20 heavy (non-hydrogen) atoms. The second kappa shape index (κ2) is 7.26. The highest BCUT2D eigenvalue weighted by Gasteiger charge is 2.20. The number of ether oxygens (including phenoxy) is 1. The molecule has 1 amide bonds. The maximum absolute atomic E-state index is 12.2. The van der Waals surface area contributed by atoms with Gasteiger partial charge in [0.05, 0.1) is 13.5 Å². The third-order valence-electron chi connectivity index (χ3n) is 3.68. The Morgan fingerprint density at radius 2 is 1.85 bits per heavy atom. The van der Waals surface area contributed by atoms with Crippen molar-refractivity contribution in [3.05, 3.63) is 29.8 Å². The van der Waals surface area contributed by atoms with E-state index >= 15 is 0 Å².